The van der Waals surface area contributed by atoms with Crippen LogP contribution in [0.15, 0.2) is 41.3 Å². The summed E-state index contributed by atoms with van der Waals surface area (Å²) in [6, 6.07) is 8.17. The third-order valence-corrected chi connectivity index (χ3v) is 7.04. The van der Waals surface area contributed by atoms with Crippen molar-refractivity contribution < 1.29 is 22.7 Å². The number of anilines is 1. The van der Waals surface area contributed by atoms with E-state index in [1.165, 1.54) is 25.3 Å². The Balaban J connectivity index is 1.88. The van der Waals surface area contributed by atoms with Crippen LogP contribution < -0.4 is 10.1 Å². The van der Waals surface area contributed by atoms with Gasteiger partial charge in [0.1, 0.15) is 11.8 Å². The van der Waals surface area contributed by atoms with E-state index < -0.39 is 27.9 Å². The number of sulfonamides is 1. The molecule has 2 amide bonds. The quantitative estimate of drug-likeness (QED) is 0.776. The van der Waals surface area contributed by atoms with E-state index in [2.05, 4.69) is 5.32 Å². The standard InChI is InChI=1S/C20H21ClN2O5S/c1-12-4-6-15(10-13(12)2)29(26,27)23-17(7-9-19(23)24)20(25)22-14-5-8-18(28-3)16(21)11-14/h4-6,8,10-11,17H,7,9H2,1-3H3,(H,22,25). The molecule has 0 radical (unpaired) electrons. The third kappa shape index (κ3) is 4.09. The summed E-state index contributed by atoms with van der Waals surface area (Å²) in [5.41, 5.74) is 2.10. The normalized spacial score (nSPS) is 16.8. The second-order valence-corrected chi connectivity index (χ2v) is 9.06. The molecule has 0 spiro atoms. The van der Waals surface area contributed by atoms with Crippen LogP contribution in [0.1, 0.15) is 24.0 Å². The number of halogens is 1. The number of rotatable bonds is 5. The maximum atomic E-state index is 13.1. The number of nitrogens with one attached hydrogen (secondary N) is 1. The lowest BCUT2D eigenvalue weighted by Crippen LogP contribution is -2.45. The van der Waals surface area contributed by atoms with E-state index in [0.717, 1.165) is 11.1 Å². The van der Waals surface area contributed by atoms with Crippen LogP contribution in [0, 0.1) is 13.8 Å². The van der Waals surface area contributed by atoms with Gasteiger partial charge in [-0.25, -0.2) is 12.7 Å². The van der Waals surface area contributed by atoms with Gasteiger partial charge in [-0.2, -0.15) is 0 Å². The van der Waals surface area contributed by atoms with E-state index in [-0.39, 0.29) is 17.7 Å². The van der Waals surface area contributed by atoms with Gasteiger partial charge >= 0.3 is 0 Å². The molecule has 1 atom stereocenters. The summed E-state index contributed by atoms with van der Waals surface area (Å²) in [5, 5.41) is 2.93. The number of nitrogens with zero attached hydrogens (tertiary/aromatic N) is 1. The van der Waals surface area contributed by atoms with Gasteiger partial charge in [0.15, 0.2) is 0 Å². The van der Waals surface area contributed by atoms with Gasteiger partial charge in [0.2, 0.25) is 11.8 Å². The maximum absolute atomic E-state index is 13.1. The van der Waals surface area contributed by atoms with Crippen molar-refractivity contribution >= 4 is 39.1 Å². The minimum Gasteiger partial charge on any atom is -0.495 e. The van der Waals surface area contributed by atoms with Crippen LogP contribution in [0.25, 0.3) is 0 Å². The zero-order chi connectivity index (χ0) is 21.3. The summed E-state index contributed by atoms with van der Waals surface area (Å²) in [7, 11) is -2.68. The fourth-order valence-corrected chi connectivity index (χ4v) is 5.10. The van der Waals surface area contributed by atoms with Gasteiger partial charge in [0.05, 0.1) is 17.0 Å². The maximum Gasteiger partial charge on any atom is 0.267 e. The Bertz CT molecular complexity index is 1080. The van der Waals surface area contributed by atoms with Crippen LogP contribution >= 0.6 is 11.6 Å². The molecule has 3 rings (SSSR count). The van der Waals surface area contributed by atoms with Gasteiger partial charge in [0, 0.05) is 12.1 Å². The lowest BCUT2D eigenvalue weighted by atomic mass is 10.1. The minimum atomic E-state index is -4.16. The van der Waals surface area contributed by atoms with Crippen molar-refractivity contribution in [2.45, 2.75) is 37.6 Å². The predicted molar refractivity (Wildman–Crippen MR) is 110 cm³/mol. The van der Waals surface area contributed by atoms with E-state index in [1.54, 1.807) is 25.1 Å². The Morgan fingerprint density at radius 2 is 1.90 bits per heavy atom. The molecule has 2 aromatic rings. The molecular formula is C20H21ClN2O5S. The molecule has 7 nitrogen and oxygen atoms in total. The first-order valence-electron chi connectivity index (χ1n) is 8.94. The molecule has 0 saturated carbocycles. The van der Waals surface area contributed by atoms with Gasteiger partial charge in [-0.1, -0.05) is 17.7 Å². The number of hydrogen-bond donors (Lipinski definition) is 1. The molecule has 154 valence electrons. The summed E-state index contributed by atoms with van der Waals surface area (Å²) < 4.78 is 32.0. The largest absolute Gasteiger partial charge is 0.495 e. The first-order chi connectivity index (χ1) is 13.6. The Morgan fingerprint density at radius 1 is 1.17 bits per heavy atom. The number of carbonyl (C=O) groups excluding carboxylic acids is 2. The minimum absolute atomic E-state index is 0.0128. The highest BCUT2D eigenvalue weighted by atomic mass is 35.5. The first kappa shape index (κ1) is 21.1. The predicted octanol–water partition coefficient (Wildman–Crippen LogP) is 3.28. The van der Waals surface area contributed by atoms with Crippen molar-refractivity contribution in [1.29, 1.82) is 0 Å². The zero-order valence-electron chi connectivity index (χ0n) is 16.2. The monoisotopic (exact) mass is 436 g/mol. The molecule has 1 unspecified atom stereocenters. The molecule has 0 aromatic heterocycles. The Hall–Kier alpha value is -2.58. The summed E-state index contributed by atoms with van der Waals surface area (Å²) in [4.78, 5) is 25.2. The van der Waals surface area contributed by atoms with Gasteiger partial charge < -0.3 is 10.1 Å². The molecule has 2 aromatic carbocycles. The van der Waals surface area contributed by atoms with Gasteiger partial charge in [-0.3, -0.25) is 9.59 Å². The van der Waals surface area contributed by atoms with E-state index in [1.807, 2.05) is 6.92 Å². The van der Waals surface area contributed by atoms with E-state index in [4.69, 9.17) is 16.3 Å². The topological polar surface area (TPSA) is 92.8 Å². The highest BCUT2D eigenvalue weighted by Crippen LogP contribution is 2.31. The van der Waals surface area contributed by atoms with Crippen LogP contribution in [0.3, 0.4) is 0 Å². The van der Waals surface area contributed by atoms with Crippen LogP contribution in [-0.2, 0) is 19.6 Å². The third-order valence-electron chi connectivity index (χ3n) is 4.92. The number of hydrogen-bond acceptors (Lipinski definition) is 5. The highest BCUT2D eigenvalue weighted by Gasteiger charge is 2.44. The molecule has 1 heterocycles. The first-order valence-corrected chi connectivity index (χ1v) is 10.8. The smallest absolute Gasteiger partial charge is 0.267 e. The average molecular weight is 437 g/mol. The van der Waals surface area contributed by atoms with Crippen LogP contribution in [-0.4, -0.2) is 37.7 Å². The van der Waals surface area contributed by atoms with E-state index in [0.29, 0.717) is 20.8 Å². The van der Waals surface area contributed by atoms with Crippen molar-refractivity contribution in [1.82, 2.24) is 4.31 Å². The van der Waals surface area contributed by atoms with Crippen molar-refractivity contribution in [2.75, 3.05) is 12.4 Å². The summed E-state index contributed by atoms with van der Waals surface area (Å²) >= 11 is 6.07. The van der Waals surface area contributed by atoms with Gasteiger partial charge in [0.25, 0.3) is 10.0 Å². The SMILES string of the molecule is COc1ccc(NC(=O)C2CCC(=O)N2S(=O)(=O)c2ccc(C)c(C)c2)cc1Cl. The van der Waals surface area contributed by atoms with Gasteiger partial charge in [-0.05, 0) is 61.7 Å². The van der Waals surface area contributed by atoms with E-state index >= 15 is 0 Å². The second kappa shape index (κ2) is 8.04. The summed E-state index contributed by atoms with van der Waals surface area (Å²) in [6.45, 7) is 3.65. The fraction of sp³-hybridized carbons (Fsp3) is 0.300. The molecule has 1 N–H and O–H groups in total. The molecular weight excluding hydrogens is 416 g/mol. The number of aryl methyl sites for hydroxylation is 2. The van der Waals surface area contributed by atoms with Crippen molar-refractivity contribution in [3.8, 4) is 5.75 Å². The molecule has 0 bridgehead atoms. The summed E-state index contributed by atoms with van der Waals surface area (Å²) in [6.07, 6.45) is 0.0875. The van der Waals surface area contributed by atoms with Crippen LogP contribution in [0.2, 0.25) is 5.02 Å². The fourth-order valence-electron chi connectivity index (χ4n) is 3.16. The lowest BCUT2D eigenvalue weighted by Gasteiger charge is -2.24. The van der Waals surface area contributed by atoms with Crippen molar-refractivity contribution in [2.24, 2.45) is 0 Å². The molecule has 1 aliphatic rings. The lowest BCUT2D eigenvalue weighted by molar-refractivity contribution is -0.128. The number of ether oxygens (including phenoxy) is 1. The number of methoxy groups -OCH3 is 1. The second-order valence-electron chi connectivity index (χ2n) is 6.83. The van der Waals surface area contributed by atoms with E-state index in [9.17, 15) is 18.0 Å². The molecule has 1 saturated heterocycles. The van der Waals surface area contributed by atoms with Gasteiger partial charge in [-0.15, -0.1) is 0 Å². The molecule has 9 heteroatoms. The summed E-state index contributed by atoms with van der Waals surface area (Å²) in [5.74, 6) is -0.750. The Labute approximate surface area is 174 Å². The van der Waals surface area contributed by atoms with Crippen molar-refractivity contribution in [3.05, 3.63) is 52.5 Å². The van der Waals surface area contributed by atoms with Crippen LogP contribution in [0.5, 0.6) is 5.75 Å². The molecule has 1 aliphatic heterocycles. The van der Waals surface area contributed by atoms with Crippen molar-refractivity contribution in [3.63, 3.8) is 0 Å². The number of carbonyl (C=O) groups is 2. The molecule has 1 fully saturated rings. The Morgan fingerprint density at radius 3 is 2.52 bits per heavy atom. The molecule has 29 heavy (non-hydrogen) atoms. The number of benzene rings is 2. The average Bonchev–Trinajstić information content (AvgIpc) is 3.06. The Kier molecular flexibility index (Phi) is 5.86. The highest BCUT2D eigenvalue weighted by molar-refractivity contribution is 7.89. The van der Waals surface area contributed by atoms with Crippen LogP contribution in [0.4, 0.5) is 5.69 Å². The number of amides is 2. The molecule has 0 aliphatic carbocycles. The zero-order valence-corrected chi connectivity index (χ0v) is 17.8.